The molecule has 26 heavy (non-hydrogen) atoms. The second kappa shape index (κ2) is 10.9. The van der Waals surface area contributed by atoms with Gasteiger partial charge in [-0.15, -0.1) is 0 Å². The van der Waals surface area contributed by atoms with Gasteiger partial charge in [-0.25, -0.2) is 4.99 Å². The van der Waals surface area contributed by atoms with Crippen molar-refractivity contribution in [2.24, 2.45) is 4.99 Å². The molecule has 1 unspecified atom stereocenters. The largest absolute Gasteiger partial charge is 0.459 e. The molecule has 0 aliphatic rings. The van der Waals surface area contributed by atoms with E-state index in [1.807, 2.05) is 18.2 Å². The van der Waals surface area contributed by atoms with Crippen molar-refractivity contribution in [1.29, 1.82) is 0 Å². The van der Waals surface area contributed by atoms with Crippen LogP contribution in [0.2, 0.25) is 0 Å². The highest BCUT2D eigenvalue weighted by molar-refractivity contribution is 5.80. The number of aliphatic imine (C=N–C) groups is 1. The molecule has 5 heteroatoms. The maximum atomic E-state index is 5.85. The van der Waals surface area contributed by atoms with Crippen LogP contribution in [-0.2, 0) is 6.54 Å². The van der Waals surface area contributed by atoms with Crippen LogP contribution in [0.3, 0.4) is 0 Å². The number of nitrogens with one attached hydrogen (secondary N) is 2. The lowest BCUT2D eigenvalue weighted by molar-refractivity contribution is 0.292. The Morgan fingerprint density at radius 1 is 1.19 bits per heavy atom. The minimum Gasteiger partial charge on any atom is -0.459 e. The van der Waals surface area contributed by atoms with E-state index < -0.39 is 0 Å². The summed E-state index contributed by atoms with van der Waals surface area (Å²) in [5.74, 6) is 1.74. The van der Waals surface area contributed by atoms with Gasteiger partial charge >= 0.3 is 0 Å². The zero-order chi connectivity index (χ0) is 18.8. The summed E-state index contributed by atoms with van der Waals surface area (Å²) in [5, 5.41) is 7.96. The summed E-state index contributed by atoms with van der Waals surface area (Å²) in [6.45, 7) is 13.5. The summed E-state index contributed by atoms with van der Waals surface area (Å²) in [5.41, 5.74) is 0.917. The van der Waals surface area contributed by atoms with Crippen LogP contribution in [0.4, 0.5) is 0 Å². The third kappa shape index (κ3) is 6.37. The molecule has 5 nitrogen and oxygen atoms in total. The minimum atomic E-state index is 0.388. The van der Waals surface area contributed by atoms with Gasteiger partial charge in [0.15, 0.2) is 5.96 Å². The van der Waals surface area contributed by atoms with E-state index in [2.05, 4.69) is 60.4 Å². The zero-order valence-corrected chi connectivity index (χ0v) is 16.7. The number of hydrogen-bond donors (Lipinski definition) is 2. The third-order valence-electron chi connectivity index (χ3n) is 4.60. The van der Waals surface area contributed by atoms with Crippen molar-refractivity contribution in [2.75, 3.05) is 26.2 Å². The highest BCUT2D eigenvalue weighted by atomic mass is 16.3. The first-order valence-electron chi connectivity index (χ1n) is 9.90. The van der Waals surface area contributed by atoms with Crippen molar-refractivity contribution in [3.05, 3.63) is 36.1 Å². The zero-order valence-electron chi connectivity index (χ0n) is 16.7. The minimum absolute atomic E-state index is 0.388. The van der Waals surface area contributed by atoms with Crippen LogP contribution >= 0.6 is 0 Å². The van der Waals surface area contributed by atoms with Gasteiger partial charge < -0.3 is 20.0 Å². The molecule has 0 amide bonds. The van der Waals surface area contributed by atoms with Crippen LogP contribution in [0.1, 0.15) is 46.3 Å². The molecule has 0 bridgehead atoms. The molecule has 0 aliphatic heterocycles. The third-order valence-corrected chi connectivity index (χ3v) is 4.60. The van der Waals surface area contributed by atoms with E-state index in [0.29, 0.717) is 12.6 Å². The molecule has 1 atom stereocenters. The Labute approximate surface area is 157 Å². The quantitative estimate of drug-likeness (QED) is 0.498. The van der Waals surface area contributed by atoms with Crippen molar-refractivity contribution >= 4 is 16.9 Å². The van der Waals surface area contributed by atoms with Gasteiger partial charge in [0.2, 0.25) is 0 Å². The molecule has 1 aromatic carbocycles. The average Bonchev–Trinajstić information content (AvgIpc) is 3.06. The Morgan fingerprint density at radius 2 is 1.96 bits per heavy atom. The fourth-order valence-corrected chi connectivity index (χ4v) is 3.06. The first-order chi connectivity index (χ1) is 12.7. The molecule has 0 radical (unpaired) electrons. The first kappa shape index (κ1) is 20.3. The van der Waals surface area contributed by atoms with Crippen molar-refractivity contribution in [3.63, 3.8) is 0 Å². The Hall–Kier alpha value is -2.01. The van der Waals surface area contributed by atoms with Gasteiger partial charge in [-0.2, -0.15) is 0 Å². The highest BCUT2D eigenvalue weighted by Gasteiger charge is 2.08. The molecular weight excluding hydrogens is 324 g/mol. The number of furan rings is 1. The van der Waals surface area contributed by atoms with Gasteiger partial charge in [0, 0.05) is 18.0 Å². The van der Waals surface area contributed by atoms with Gasteiger partial charge in [0.05, 0.1) is 0 Å². The molecule has 0 saturated carbocycles. The van der Waals surface area contributed by atoms with E-state index in [4.69, 9.17) is 4.42 Å². The predicted molar refractivity (Wildman–Crippen MR) is 111 cm³/mol. The molecule has 1 heterocycles. The second-order valence-corrected chi connectivity index (χ2v) is 6.66. The van der Waals surface area contributed by atoms with E-state index >= 15 is 0 Å². The van der Waals surface area contributed by atoms with Crippen LogP contribution in [0.25, 0.3) is 11.0 Å². The molecule has 2 rings (SSSR count). The van der Waals surface area contributed by atoms with Crippen LogP contribution in [0.15, 0.2) is 39.7 Å². The van der Waals surface area contributed by atoms with Gasteiger partial charge in [-0.05, 0) is 58.5 Å². The Bertz CT molecular complexity index is 642. The lowest BCUT2D eigenvalue weighted by atomic mass is 10.2. The maximum absolute atomic E-state index is 5.85. The van der Waals surface area contributed by atoms with E-state index in [1.165, 1.54) is 6.42 Å². The molecule has 144 valence electrons. The van der Waals surface area contributed by atoms with Crippen LogP contribution in [0, 0.1) is 0 Å². The van der Waals surface area contributed by atoms with Gasteiger partial charge in [0.25, 0.3) is 0 Å². The monoisotopic (exact) mass is 358 g/mol. The number of benzene rings is 1. The summed E-state index contributed by atoms with van der Waals surface area (Å²) in [6.07, 6.45) is 2.32. The normalized spacial score (nSPS) is 13.3. The van der Waals surface area contributed by atoms with Crippen molar-refractivity contribution in [2.45, 2.75) is 53.1 Å². The van der Waals surface area contributed by atoms with Gasteiger partial charge in [-0.3, -0.25) is 0 Å². The standard InChI is InChI=1S/C21H34N4O/c1-5-22-21(24-17(4)11-10-14-25(6-2)7-3)23-16-19-15-18-12-8-9-13-20(18)26-19/h8-9,12-13,15,17H,5-7,10-11,14,16H2,1-4H3,(H2,22,23,24). The average molecular weight is 359 g/mol. The summed E-state index contributed by atoms with van der Waals surface area (Å²) in [7, 11) is 0. The number of para-hydroxylation sites is 1. The highest BCUT2D eigenvalue weighted by Crippen LogP contribution is 2.19. The Morgan fingerprint density at radius 3 is 2.65 bits per heavy atom. The fourth-order valence-electron chi connectivity index (χ4n) is 3.06. The molecule has 0 fully saturated rings. The first-order valence-corrected chi connectivity index (χ1v) is 9.90. The smallest absolute Gasteiger partial charge is 0.191 e. The fraction of sp³-hybridized carbons (Fsp3) is 0.571. The van der Waals surface area contributed by atoms with Crippen molar-refractivity contribution in [1.82, 2.24) is 15.5 Å². The van der Waals surface area contributed by atoms with Crippen LogP contribution < -0.4 is 10.6 Å². The van der Waals surface area contributed by atoms with Crippen LogP contribution in [0.5, 0.6) is 0 Å². The molecular formula is C21H34N4O. The number of fused-ring (bicyclic) bond motifs is 1. The SMILES string of the molecule is CCNC(=NCc1cc2ccccc2o1)NC(C)CCCN(CC)CC. The second-order valence-electron chi connectivity index (χ2n) is 6.66. The molecule has 0 saturated heterocycles. The summed E-state index contributed by atoms with van der Waals surface area (Å²) < 4.78 is 5.85. The summed E-state index contributed by atoms with van der Waals surface area (Å²) >= 11 is 0. The molecule has 2 N–H and O–H groups in total. The molecule has 0 spiro atoms. The van der Waals surface area contributed by atoms with Crippen molar-refractivity contribution in [3.8, 4) is 0 Å². The topological polar surface area (TPSA) is 52.8 Å². The molecule has 0 aliphatic carbocycles. The van der Waals surface area contributed by atoms with E-state index in [0.717, 1.165) is 55.3 Å². The molecule has 1 aromatic heterocycles. The van der Waals surface area contributed by atoms with E-state index in [-0.39, 0.29) is 0 Å². The van der Waals surface area contributed by atoms with Crippen molar-refractivity contribution < 1.29 is 4.42 Å². The lowest BCUT2D eigenvalue weighted by Crippen LogP contribution is -2.42. The van der Waals surface area contributed by atoms with Gasteiger partial charge in [0.1, 0.15) is 17.9 Å². The Balaban J connectivity index is 1.87. The lowest BCUT2D eigenvalue weighted by Gasteiger charge is -2.21. The number of hydrogen-bond acceptors (Lipinski definition) is 3. The number of nitrogens with zero attached hydrogens (tertiary/aromatic N) is 2. The van der Waals surface area contributed by atoms with E-state index in [1.54, 1.807) is 0 Å². The van der Waals surface area contributed by atoms with Gasteiger partial charge in [-0.1, -0.05) is 32.0 Å². The predicted octanol–water partition coefficient (Wildman–Crippen LogP) is 4.00. The number of rotatable bonds is 10. The summed E-state index contributed by atoms with van der Waals surface area (Å²) in [4.78, 5) is 7.15. The summed E-state index contributed by atoms with van der Waals surface area (Å²) in [6, 6.07) is 10.5. The number of guanidine groups is 1. The maximum Gasteiger partial charge on any atom is 0.191 e. The molecule has 2 aromatic rings. The van der Waals surface area contributed by atoms with Crippen LogP contribution in [-0.4, -0.2) is 43.1 Å². The Kier molecular flexibility index (Phi) is 8.48. The van der Waals surface area contributed by atoms with E-state index in [9.17, 15) is 0 Å².